The van der Waals surface area contributed by atoms with Crippen LogP contribution in [0.4, 0.5) is 13.2 Å². The first-order chi connectivity index (χ1) is 12.1. The van der Waals surface area contributed by atoms with E-state index in [2.05, 4.69) is 21.1 Å². The van der Waals surface area contributed by atoms with Crippen molar-refractivity contribution in [1.82, 2.24) is 15.2 Å². The number of nitrogens with zero attached hydrogens (tertiary/aromatic N) is 3. The molecular formula is C17H10F3N3O2. The first-order valence-electron chi connectivity index (χ1n) is 7.02. The number of alkyl halides is 2. The van der Waals surface area contributed by atoms with Gasteiger partial charge in [-0.25, -0.2) is 4.39 Å². The van der Waals surface area contributed by atoms with Crippen molar-refractivity contribution >= 4 is 0 Å². The third-order valence-electron chi connectivity index (χ3n) is 3.18. The molecule has 0 bridgehead atoms. The summed E-state index contributed by atoms with van der Waals surface area (Å²) in [5, 5.41) is 6.78. The fourth-order valence-electron chi connectivity index (χ4n) is 1.94. The lowest BCUT2D eigenvalue weighted by Crippen LogP contribution is -1.99. The van der Waals surface area contributed by atoms with Crippen LogP contribution in [0.3, 0.4) is 0 Å². The number of pyridine rings is 1. The molecule has 0 saturated carbocycles. The molecule has 0 atom stereocenters. The van der Waals surface area contributed by atoms with Crippen LogP contribution >= 0.6 is 0 Å². The average molecular weight is 345 g/mol. The van der Waals surface area contributed by atoms with Gasteiger partial charge in [0.05, 0.1) is 16.8 Å². The van der Waals surface area contributed by atoms with Crippen LogP contribution in [0.15, 0.2) is 40.9 Å². The molecule has 2 aromatic heterocycles. The monoisotopic (exact) mass is 345 g/mol. The Hall–Kier alpha value is -3.34. The zero-order valence-electron chi connectivity index (χ0n) is 12.6. The summed E-state index contributed by atoms with van der Waals surface area (Å²) in [4.78, 5) is 4.13. The Balaban J connectivity index is 1.67. The molecule has 8 heteroatoms. The van der Waals surface area contributed by atoms with Gasteiger partial charge < -0.3 is 9.15 Å². The Morgan fingerprint density at radius 3 is 2.68 bits per heavy atom. The molecule has 126 valence electrons. The number of hydrogen-bond acceptors (Lipinski definition) is 5. The van der Waals surface area contributed by atoms with Crippen molar-refractivity contribution in [3.05, 3.63) is 59.5 Å². The highest BCUT2D eigenvalue weighted by molar-refractivity contribution is 5.50. The first kappa shape index (κ1) is 16.5. The third-order valence-corrected chi connectivity index (χ3v) is 3.18. The maximum Gasteiger partial charge on any atom is 0.314 e. The summed E-state index contributed by atoms with van der Waals surface area (Å²) < 4.78 is 48.5. The minimum atomic E-state index is -2.83. The van der Waals surface area contributed by atoms with E-state index in [1.165, 1.54) is 24.4 Å². The molecule has 2 heterocycles. The SMILES string of the molecule is C#Cc1cc(OCc2ccc(-c3nnc(C(F)F)o3)cn2)ccc1F. The number of hydrogen-bond donors (Lipinski definition) is 0. The molecular weight excluding hydrogens is 335 g/mol. The molecule has 0 N–H and O–H groups in total. The van der Waals surface area contributed by atoms with E-state index < -0.39 is 18.1 Å². The summed E-state index contributed by atoms with van der Waals surface area (Å²) >= 11 is 0. The zero-order valence-corrected chi connectivity index (χ0v) is 12.6. The van der Waals surface area contributed by atoms with Gasteiger partial charge in [0, 0.05) is 6.20 Å². The van der Waals surface area contributed by atoms with E-state index >= 15 is 0 Å². The van der Waals surface area contributed by atoms with Gasteiger partial charge in [-0.05, 0) is 30.3 Å². The minimum absolute atomic E-state index is 0.0486. The average Bonchev–Trinajstić information content (AvgIpc) is 3.12. The number of rotatable bonds is 5. The molecule has 0 aliphatic carbocycles. The van der Waals surface area contributed by atoms with Crippen molar-refractivity contribution < 1.29 is 22.3 Å². The number of ether oxygens (including phenoxy) is 1. The number of benzene rings is 1. The van der Waals surface area contributed by atoms with E-state index in [9.17, 15) is 13.2 Å². The fourth-order valence-corrected chi connectivity index (χ4v) is 1.94. The quantitative estimate of drug-likeness (QED) is 0.659. The summed E-state index contributed by atoms with van der Waals surface area (Å²) in [5.41, 5.74) is 1.07. The largest absolute Gasteiger partial charge is 0.487 e. The number of halogens is 3. The molecule has 25 heavy (non-hydrogen) atoms. The lowest BCUT2D eigenvalue weighted by Gasteiger charge is -2.07. The molecule has 3 aromatic rings. The highest BCUT2D eigenvalue weighted by Gasteiger charge is 2.17. The molecule has 0 aliphatic rings. The van der Waals surface area contributed by atoms with E-state index in [1.54, 1.807) is 12.1 Å². The maximum absolute atomic E-state index is 13.3. The molecule has 3 rings (SSSR count). The fraction of sp³-hybridized carbons (Fsp3) is 0.118. The van der Waals surface area contributed by atoms with Gasteiger partial charge in [0.1, 0.15) is 18.2 Å². The van der Waals surface area contributed by atoms with Gasteiger partial charge in [-0.3, -0.25) is 4.98 Å². The molecule has 0 aliphatic heterocycles. The summed E-state index contributed by atoms with van der Waals surface area (Å²) in [6.07, 6.45) is 3.77. The lowest BCUT2D eigenvalue weighted by atomic mass is 10.2. The smallest absolute Gasteiger partial charge is 0.314 e. The second-order valence-electron chi connectivity index (χ2n) is 4.86. The molecule has 0 amide bonds. The topological polar surface area (TPSA) is 61.0 Å². The maximum atomic E-state index is 13.3. The Morgan fingerprint density at radius 1 is 1.20 bits per heavy atom. The van der Waals surface area contributed by atoms with E-state index in [0.717, 1.165) is 0 Å². The Labute approximate surface area is 140 Å². The molecule has 0 fully saturated rings. The van der Waals surface area contributed by atoms with Gasteiger partial charge in [-0.15, -0.1) is 16.6 Å². The van der Waals surface area contributed by atoms with Gasteiger partial charge in [-0.2, -0.15) is 8.78 Å². The summed E-state index contributed by atoms with van der Waals surface area (Å²) in [7, 11) is 0. The van der Waals surface area contributed by atoms with Crippen LogP contribution in [0.25, 0.3) is 11.5 Å². The molecule has 0 spiro atoms. The van der Waals surface area contributed by atoms with Gasteiger partial charge >= 0.3 is 6.43 Å². The predicted molar refractivity (Wildman–Crippen MR) is 81.2 cm³/mol. The molecule has 1 aromatic carbocycles. The predicted octanol–water partition coefficient (Wildman–Crippen LogP) is 3.77. The highest BCUT2D eigenvalue weighted by atomic mass is 19.3. The summed E-state index contributed by atoms with van der Waals surface area (Å²) in [6.45, 7) is 0.113. The van der Waals surface area contributed by atoms with Crippen molar-refractivity contribution in [2.45, 2.75) is 13.0 Å². The van der Waals surface area contributed by atoms with E-state index in [1.807, 2.05) is 0 Å². The van der Waals surface area contributed by atoms with Crippen LogP contribution in [0, 0.1) is 18.2 Å². The van der Waals surface area contributed by atoms with Crippen molar-refractivity contribution in [2.75, 3.05) is 0 Å². The van der Waals surface area contributed by atoms with Crippen molar-refractivity contribution in [3.8, 4) is 29.5 Å². The normalized spacial score (nSPS) is 10.7. The first-order valence-corrected chi connectivity index (χ1v) is 7.02. The number of terminal acetylenes is 1. The summed E-state index contributed by atoms with van der Waals surface area (Å²) in [5.74, 6) is 1.33. The second-order valence-corrected chi connectivity index (χ2v) is 4.86. The van der Waals surface area contributed by atoms with Gasteiger partial charge in [0.25, 0.3) is 5.89 Å². The van der Waals surface area contributed by atoms with Gasteiger partial charge in [-0.1, -0.05) is 5.92 Å². The molecule has 0 unspecified atom stereocenters. The van der Waals surface area contributed by atoms with Crippen LogP contribution in [0.2, 0.25) is 0 Å². The second kappa shape index (κ2) is 7.05. The summed E-state index contributed by atoms with van der Waals surface area (Å²) in [6, 6.07) is 7.29. The molecule has 5 nitrogen and oxygen atoms in total. The molecule has 0 saturated heterocycles. The number of aromatic nitrogens is 3. The van der Waals surface area contributed by atoms with Crippen molar-refractivity contribution in [2.24, 2.45) is 0 Å². The lowest BCUT2D eigenvalue weighted by molar-refractivity contribution is 0.116. The minimum Gasteiger partial charge on any atom is -0.487 e. The van der Waals surface area contributed by atoms with Crippen LogP contribution < -0.4 is 4.74 Å². The third kappa shape index (κ3) is 3.77. The van der Waals surface area contributed by atoms with Crippen molar-refractivity contribution in [1.29, 1.82) is 0 Å². The van der Waals surface area contributed by atoms with Crippen LogP contribution in [0.5, 0.6) is 5.75 Å². The van der Waals surface area contributed by atoms with E-state index in [0.29, 0.717) is 17.0 Å². The highest BCUT2D eigenvalue weighted by Crippen LogP contribution is 2.23. The van der Waals surface area contributed by atoms with E-state index in [4.69, 9.17) is 15.6 Å². The van der Waals surface area contributed by atoms with Crippen LogP contribution in [-0.2, 0) is 6.61 Å². The Kier molecular flexibility index (Phi) is 4.66. The van der Waals surface area contributed by atoms with Crippen LogP contribution in [-0.4, -0.2) is 15.2 Å². The molecule has 0 radical (unpaired) electrons. The Bertz CT molecular complexity index is 918. The van der Waals surface area contributed by atoms with Gasteiger partial charge in [0.2, 0.25) is 5.89 Å². The van der Waals surface area contributed by atoms with E-state index in [-0.39, 0.29) is 18.1 Å². The van der Waals surface area contributed by atoms with Gasteiger partial charge in [0.15, 0.2) is 0 Å². The van der Waals surface area contributed by atoms with Crippen LogP contribution in [0.1, 0.15) is 23.6 Å². The van der Waals surface area contributed by atoms with Crippen molar-refractivity contribution in [3.63, 3.8) is 0 Å². The zero-order chi connectivity index (χ0) is 17.8. The Morgan fingerprint density at radius 2 is 2.04 bits per heavy atom. The standard InChI is InChI=1S/C17H10F3N3O2/c1-2-10-7-13(5-6-14(10)18)24-9-12-4-3-11(8-21-12)16-22-23-17(25-16)15(19)20/h1,3-8,15H,9H2.